The Kier molecular flexibility index (Phi) is 4.61. The number of carbonyl (C=O) groups excluding carboxylic acids is 2. The summed E-state index contributed by atoms with van der Waals surface area (Å²) in [5.74, 6) is 0.684. The summed E-state index contributed by atoms with van der Waals surface area (Å²) in [6.45, 7) is 6.04. The van der Waals surface area contributed by atoms with Gasteiger partial charge in [-0.15, -0.1) is 0 Å². The number of rotatable bonds is 2. The molecular weight excluding hydrogens is 256 g/mol. The first-order chi connectivity index (χ1) is 9.60. The molecule has 0 aliphatic carbocycles. The molecular formula is C15H20N2O3. The van der Waals surface area contributed by atoms with Crippen molar-refractivity contribution in [1.82, 2.24) is 9.80 Å². The largest absolute Gasteiger partial charge is 0.415 e. The zero-order chi connectivity index (χ0) is 14.5. The van der Waals surface area contributed by atoms with E-state index in [0.29, 0.717) is 38.3 Å². The summed E-state index contributed by atoms with van der Waals surface area (Å²) in [6, 6.07) is 7.37. The fourth-order valence-corrected chi connectivity index (χ4v) is 2.13. The van der Waals surface area contributed by atoms with Crippen molar-refractivity contribution >= 4 is 12.0 Å². The molecule has 5 heteroatoms. The second-order valence-corrected chi connectivity index (χ2v) is 4.90. The van der Waals surface area contributed by atoms with E-state index in [2.05, 4.69) is 0 Å². The van der Waals surface area contributed by atoms with E-state index < -0.39 is 0 Å². The Morgan fingerprint density at radius 3 is 2.15 bits per heavy atom. The van der Waals surface area contributed by atoms with Gasteiger partial charge in [-0.05, 0) is 19.1 Å². The van der Waals surface area contributed by atoms with Crippen LogP contribution in [-0.4, -0.2) is 48.0 Å². The van der Waals surface area contributed by atoms with Gasteiger partial charge >= 0.3 is 6.09 Å². The number of ether oxygens (including phenoxy) is 1. The fourth-order valence-electron chi connectivity index (χ4n) is 2.13. The topological polar surface area (TPSA) is 49.9 Å². The van der Waals surface area contributed by atoms with Gasteiger partial charge in [0.1, 0.15) is 5.75 Å². The minimum atomic E-state index is -0.350. The molecule has 0 unspecified atom stereocenters. The first-order valence-electron chi connectivity index (χ1n) is 6.91. The van der Waals surface area contributed by atoms with Gasteiger partial charge in [0.2, 0.25) is 5.91 Å². The number of aryl methyl sites for hydroxylation is 1. The van der Waals surface area contributed by atoms with Gasteiger partial charge in [-0.3, -0.25) is 4.79 Å². The number of nitrogens with zero attached hydrogens (tertiary/aromatic N) is 2. The van der Waals surface area contributed by atoms with Gasteiger partial charge in [-0.2, -0.15) is 0 Å². The van der Waals surface area contributed by atoms with Crippen molar-refractivity contribution in [2.24, 2.45) is 0 Å². The lowest BCUT2D eigenvalue weighted by Crippen LogP contribution is -2.51. The van der Waals surface area contributed by atoms with Crippen molar-refractivity contribution < 1.29 is 14.3 Å². The molecule has 0 saturated carbocycles. The van der Waals surface area contributed by atoms with Crippen LogP contribution in [0.1, 0.15) is 18.9 Å². The molecule has 108 valence electrons. The van der Waals surface area contributed by atoms with Crippen LogP contribution < -0.4 is 4.74 Å². The average Bonchev–Trinajstić information content (AvgIpc) is 2.49. The molecule has 5 nitrogen and oxygen atoms in total. The molecule has 1 aliphatic heterocycles. The Morgan fingerprint density at radius 1 is 1.05 bits per heavy atom. The molecule has 20 heavy (non-hydrogen) atoms. The Morgan fingerprint density at radius 2 is 1.60 bits per heavy atom. The maximum atomic E-state index is 12.0. The fraction of sp³-hybridized carbons (Fsp3) is 0.467. The number of piperazine rings is 1. The summed E-state index contributed by atoms with van der Waals surface area (Å²) < 4.78 is 5.31. The van der Waals surface area contributed by atoms with Gasteiger partial charge < -0.3 is 14.5 Å². The quantitative estimate of drug-likeness (QED) is 0.830. The smallest absolute Gasteiger partial charge is 0.410 e. The standard InChI is InChI=1S/C15H20N2O3/c1-3-14(18)16-8-10-17(11-9-16)15(19)20-13-6-4-12(2)5-7-13/h4-7H,3,8-11H2,1-2H3. The van der Waals surface area contributed by atoms with Crippen LogP contribution in [0, 0.1) is 6.92 Å². The minimum Gasteiger partial charge on any atom is -0.410 e. The molecule has 2 amide bonds. The summed E-state index contributed by atoms with van der Waals surface area (Å²) >= 11 is 0. The summed E-state index contributed by atoms with van der Waals surface area (Å²) in [6.07, 6.45) is 0.158. The third-order valence-electron chi connectivity index (χ3n) is 3.42. The highest BCUT2D eigenvalue weighted by Gasteiger charge is 2.24. The van der Waals surface area contributed by atoms with Crippen LogP contribution in [0.5, 0.6) is 5.75 Å². The van der Waals surface area contributed by atoms with Crippen LogP contribution >= 0.6 is 0 Å². The van der Waals surface area contributed by atoms with Crippen molar-refractivity contribution in [2.75, 3.05) is 26.2 Å². The van der Waals surface area contributed by atoms with Crippen LogP contribution in [0.25, 0.3) is 0 Å². The summed E-state index contributed by atoms with van der Waals surface area (Å²) in [5, 5.41) is 0. The zero-order valence-electron chi connectivity index (χ0n) is 12.0. The summed E-state index contributed by atoms with van der Waals surface area (Å²) in [5.41, 5.74) is 1.12. The molecule has 1 saturated heterocycles. The maximum Gasteiger partial charge on any atom is 0.415 e. The number of benzene rings is 1. The lowest BCUT2D eigenvalue weighted by molar-refractivity contribution is -0.132. The second-order valence-electron chi connectivity index (χ2n) is 4.90. The average molecular weight is 276 g/mol. The molecule has 1 aromatic carbocycles. The number of amides is 2. The molecule has 0 atom stereocenters. The van der Waals surface area contributed by atoms with Gasteiger partial charge in [-0.1, -0.05) is 24.6 Å². The van der Waals surface area contributed by atoms with E-state index in [0.717, 1.165) is 5.56 Å². The predicted octanol–water partition coefficient (Wildman–Crippen LogP) is 2.05. The highest BCUT2D eigenvalue weighted by Crippen LogP contribution is 2.13. The molecule has 0 bridgehead atoms. The van der Waals surface area contributed by atoms with Crippen LogP contribution in [-0.2, 0) is 4.79 Å². The molecule has 1 fully saturated rings. The van der Waals surface area contributed by atoms with Crippen molar-refractivity contribution in [2.45, 2.75) is 20.3 Å². The molecule has 0 aromatic heterocycles. The normalized spacial score (nSPS) is 15.1. The Bertz CT molecular complexity index is 476. The number of hydrogen-bond donors (Lipinski definition) is 0. The molecule has 2 rings (SSSR count). The van der Waals surface area contributed by atoms with Crippen molar-refractivity contribution in [3.8, 4) is 5.75 Å². The molecule has 1 aromatic rings. The van der Waals surface area contributed by atoms with E-state index in [-0.39, 0.29) is 12.0 Å². The zero-order valence-corrected chi connectivity index (χ0v) is 12.0. The Balaban J connectivity index is 1.85. The van der Waals surface area contributed by atoms with Crippen LogP contribution in [0.4, 0.5) is 4.79 Å². The molecule has 1 aliphatic rings. The first-order valence-corrected chi connectivity index (χ1v) is 6.91. The van der Waals surface area contributed by atoms with Crippen molar-refractivity contribution in [3.05, 3.63) is 29.8 Å². The third-order valence-corrected chi connectivity index (χ3v) is 3.42. The Hall–Kier alpha value is -2.04. The van der Waals surface area contributed by atoms with Gasteiger partial charge in [0.25, 0.3) is 0 Å². The highest BCUT2D eigenvalue weighted by molar-refractivity contribution is 5.76. The van der Waals surface area contributed by atoms with Crippen LogP contribution in [0.3, 0.4) is 0 Å². The third kappa shape index (κ3) is 3.50. The SMILES string of the molecule is CCC(=O)N1CCN(C(=O)Oc2ccc(C)cc2)CC1. The molecule has 0 N–H and O–H groups in total. The number of carbonyl (C=O) groups is 2. The summed E-state index contributed by atoms with van der Waals surface area (Å²) in [7, 11) is 0. The van der Waals surface area contributed by atoms with E-state index in [1.165, 1.54) is 0 Å². The first kappa shape index (κ1) is 14.4. The molecule has 0 radical (unpaired) electrons. The predicted molar refractivity (Wildman–Crippen MR) is 75.6 cm³/mol. The van der Waals surface area contributed by atoms with Crippen LogP contribution in [0.15, 0.2) is 24.3 Å². The van der Waals surface area contributed by atoms with Crippen LogP contribution in [0.2, 0.25) is 0 Å². The second kappa shape index (κ2) is 6.41. The van der Waals surface area contributed by atoms with Gasteiger partial charge in [0.15, 0.2) is 0 Å². The van der Waals surface area contributed by atoms with E-state index >= 15 is 0 Å². The highest BCUT2D eigenvalue weighted by atomic mass is 16.6. The van der Waals surface area contributed by atoms with Crippen molar-refractivity contribution in [1.29, 1.82) is 0 Å². The lowest BCUT2D eigenvalue weighted by Gasteiger charge is -2.33. The Labute approximate surface area is 119 Å². The summed E-state index contributed by atoms with van der Waals surface area (Å²) in [4.78, 5) is 27.0. The number of hydrogen-bond acceptors (Lipinski definition) is 3. The van der Waals surface area contributed by atoms with Crippen molar-refractivity contribution in [3.63, 3.8) is 0 Å². The maximum absolute atomic E-state index is 12.0. The van der Waals surface area contributed by atoms with Gasteiger partial charge in [-0.25, -0.2) is 4.79 Å². The van der Waals surface area contributed by atoms with Gasteiger partial charge in [0.05, 0.1) is 0 Å². The van der Waals surface area contributed by atoms with E-state index in [4.69, 9.17) is 4.74 Å². The molecule has 0 spiro atoms. The monoisotopic (exact) mass is 276 g/mol. The van der Waals surface area contributed by atoms with E-state index in [9.17, 15) is 9.59 Å². The minimum absolute atomic E-state index is 0.136. The van der Waals surface area contributed by atoms with E-state index in [1.807, 2.05) is 26.0 Å². The van der Waals surface area contributed by atoms with Gasteiger partial charge in [0, 0.05) is 32.6 Å². The van der Waals surface area contributed by atoms with E-state index in [1.54, 1.807) is 21.9 Å². The molecule has 1 heterocycles. The lowest BCUT2D eigenvalue weighted by atomic mass is 10.2.